The van der Waals surface area contributed by atoms with Gasteiger partial charge in [0.1, 0.15) is 11.2 Å². The van der Waals surface area contributed by atoms with E-state index in [4.69, 9.17) is 4.42 Å². The maximum absolute atomic E-state index is 6.29. The normalized spacial score (nSPS) is 14.9. The van der Waals surface area contributed by atoms with Crippen LogP contribution in [0.25, 0.3) is 93.9 Å². The first-order chi connectivity index (χ1) is 41.2. The van der Waals surface area contributed by atoms with E-state index in [1.807, 2.05) is 12.1 Å². The van der Waals surface area contributed by atoms with E-state index in [-0.39, 0.29) is 0 Å². The highest BCUT2D eigenvalue weighted by Gasteiger charge is 2.51. The number of anilines is 3. The van der Waals surface area contributed by atoms with Gasteiger partial charge in [0, 0.05) is 38.4 Å². The molecule has 0 radical (unpaired) electrons. The van der Waals surface area contributed by atoms with Crippen LogP contribution in [0.1, 0.15) is 44.5 Å². The fourth-order valence-corrected chi connectivity index (χ4v) is 15.4. The van der Waals surface area contributed by atoms with Gasteiger partial charge in [-0.1, -0.05) is 243 Å². The van der Waals surface area contributed by atoms with Gasteiger partial charge in [0.25, 0.3) is 0 Å². The third-order valence-corrected chi connectivity index (χ3v) is 18.7. The Hall–Kier alpha value is -10.7. The zero-order valence-electron chi connectivity index (χ0n) is 45.2. The van der Waals surface area contributed by atoms with Crippen molar-refractivity contribution in [2.24, 2.45) is 0 Å². The molecule has 2 aromatic heterocycles. The number of fused-ring (bicyclic) bond motifs is 18. The van der Waals surface area contributed by atoms with E-state index >= 15 is 0 Å². The summed E-state index contributed by atoms with van der Waals surface area (Å²) in [5.41, 5.74) is 27.4. The van der Waals surface area contributed by atoms with E-state index in [9.17, 15) is 0 Å². The fraction of sp³-hybridized carbons (Fsp3) is 0.0250. The predicted molar refractivity (Wildman–Crippen MR) is 342 cm³/mol. The largest absolute Gasteiger partial charge is 0.456 e. The van der Waals surface area contributed by atoms with Crippen molar-refractivity contribution in [3.05, 3.63) is 348 Å². The van der Waals surface area contributed by atoms with Crippen LogP contribution in [0.3, 0.4) is 0 Å². The number of hydrogen-bond acceptors (Lipinski definition) is 2. The van der Waals surface area contributed by atoms with Gasteiger partial charge in [0.2, 0.25) is 0 Å². The molecule has 15 aromatic rings. The van der Waals surface area contributed by atoms with Crippen molar-refractivity contribution < 1.29 is 4.42 Å². The average molecular weight is 1060 g/mol. The van der Waals surface area contributed by atoms with Crippen LogP contribution in [-0.2, 0) is 10.8 Å². The summed E-state index contributed by atoms with van der Waals surface area (Å²) >= 11 is 0. The predicted octanol–water partition coefficient (Wildman–Crippen LogP) is 20.5. The first-order valence-corrected chi connectivity index (χ1v) is 28.8. The van der Waals surface area contributed by atoms with Crippen LogP contribution in [0.15, 0.2) is 308 Å². The molecule has 13 aromatic carbocycles. The summed E-state index contributed by atoms with van der Waals surface area (Å²) in [4.78, 5) is 2.54. The summed E-state index contributed by atoms with van der Waals surface area (Å²) < 4.78 is 8.82. The van der Waals surface area contributed by atoms with Gasteiger partial charge in [-0.05, 0) is 139 Å². The molecule has 0 amide bonds. The Morgan fingerprint density at radius 3 is 1.66 bits per heavy atom. The lowest BCUT2D eigenvalue weighted by atomic mass is 9.65. The Kier molecular flexibility index (Phi) is 9.64. The Morgan fingerprint density at radius 2 is 0.855 bits per heavy atom. The van der Waals surface area contributed by atoms with E-state index in [1.165, 1.54) is 94.3 Å². The van der Waals surface area contributed by atoms with E-state index < -0.39 is 10.8 Å². The standard InChI is InChI=1S/C80H50N2O/c1-3-21-54(22-4-1)79(55-23-5-2-6-24-55)66-32-13-8-29-63(66)77-68(79)34-20-39-74(77)81(56-45-41-51(42-46-56)52-44-48-76-64(49-52)61-28-11-18-40-75(61)83-76)71-36-15-9-25-57(71)53-43-47-59-58-26-7-12-31-65(58)80(70(59)50-53)67-33-14-17-38-73(67)82-72-37-16-10-27-60(72)62-30-19-35-69(80)78(62)82/h1-50H. The third-order valence-electron chi connectivity index (χ3n) is 18.7. The summed E-state index contributed by atoms with van der Waals surface area (Å²) in [5.74, 6) is 0. The van der Waals surface area contributed by atoms with Crippen LogP contribution in [-0.4, -0.2) is 4.57 Å². The third kappa shape index (κ3) is 6.18. The quantitative estimate of drug-likeness (QED) is 0.159. The molecule has 0 saturated carbocycles. The minimum absolute atomic E-state index is 0.580. The molecular formula is C80H50N2O. The van der Waals surface area contributed by atoms with Crippen LogP contribution >= 0.6 is 0 Å². The molecular weight excluding hydrogens is 1000 g/mol. The molecule has 1 atom stereocenters. The van der Waals surface area contributed by atoms with Crippen LogP contribution < -0.4 is 4.90 Å². The molecule has 1 aliphatic heterocycles. The van der Waals surface area contributed by atoms with Gasteiger partial charge in [0.15, 0.2) is 0 Å². The SMILES string of the molecule is c1ccc(C2(c3ccccc3)c3ccccc3-c3c(N(c4ccc(-c5ccc6oc7ccccc7c6c5)cc4)c4ccccc4-c4ccc5c(c4)C4(c6ccccc6-5)c5ccccc5-n5c6ccccc6c6cccc4c65)cccc32)cc1. The number of furan rings is 1. The molecule has 3 heterocycles. The van der Waals surface area contributed by atoms with Crippen LogP contribution in [0.4, 0.5) is 17.1 Å². The van der Waals surface area contributed by atoms with Crippen molar-refractivity contribution in [1.82, 2.24) is 4.57 Å². The second-order valence-electron chi connectivity index (χ2n) is 22.6. The highest BCUT2D eigenvalue weighted by molar-refractivity contribution is 6.13. The molecule has 2 aliphatic carbocycles. The van der Waals surface area contributed by atoms with Crippen molar-refractivity contribution in [2.45, 2.75) is 10.8 Å². The van der Waals surface area contributed by atoms with Gasteiger partial charge in [-0.15, -0.1) is 0 Å². The lowest BCUT2D eigenvalue weighted by Crippen LogP contribution is -2.33. The van der Waals surface area contributed by atoms with E-state index in [1.54, 1.807) is 0 Å². The second-order valence-corrected chi connectivity index (χ2v) is 22.6. The smallest absolute Gasteiger partial charge is 0.135 e. The van der Waals surface area contributed by atoms with Gasteiger partial charge >= 0.3 is 0 Å². The monoisotopic (exact) mass is 1050 g/mol. The highest BCUT2D eigenvalue weighted by Crippen LogP contribution is 2.63. The number of para-hydroxylation sites is 5. The first-order valence-electron chi connectivity index (χ1n) is 28.8. The van der Waals surface area contributed by atoms with Gasteiger partial charge in [-0.25, -0.2) is 0 Å². The molecule has 83 heavy (non-hydrogen) atoms. The zero-order valence-corrected chi connectivity index (χ0v) is 45.2. The maximum Gasteiger partial charge on any atom is 0.135 e. The van der Waals surface area contributed by atoms with E-state index in [0.29, 0.717) is 0 Å². The number of rotatable bonds is 7. The highest BCUT2D eigenvalue weighted by atomic mass is 16.3. The Morgan fingerprint density at radius 1 is 0.301 bits per heavy atom. The van der Waals surface area contributed by atoms with Crippen molar-refractivity contribution in [2.75, 3.05) is 4.90 Å². The Bertz CT molecular complexity index is 5120. The van der Waals surface area contributed by atoms with E-state index in [2.05, 4.69) is 301 Å². The van der Waals surface area contributed by atoms with Gasteiger partial charge in [-0.3, -0.25) is 0 Å². The molecule has 3 heteroatoms. The lowest BCUT2D eigenvalue weighted by Gasteiger charge is -2.39. The summed E-state index contributed by atoms with van der Waals surface area (Å²) in [6, 6.07) is 113. The van der Waals surface area contributed by atoms with E-state index in [0.717, 1.165) is 61.3 Å². The zero-order chi connectivity index (χ0) is 54.4. The van der Waals surface area contributed by atoms with Gasteiger partial charge < -0.3 is 13.9 Å². The molecule has 3 aliphatic rings. The fourth-order valence-electron chi connectivity index (χ4n) is 15.4. The molecule has 0 fully saturated rings. The minimum Gasteiger partial charge on any atom is -0.456 e. The van der Waals surface area contributed by atoms with Gasteiger partial charge in [-0.2, -0.15) is 0 Å². The molecule has 0 N–H and O–H groups in total. The number of hydrogen-bond donors (Lipinski definition) is 0. The maximum atomic E-state index is 6.29. The summed E-state index contributed by atoms with van der Waals surface area (Å²) in [6.45, 7) is 0. The van der Waals surface area contributed by atoms with Crippen LogP contribution in [0.2, 0.25) is 0 Å². The van der Waals surface area contributed by atoms with Crippen molar-refractivity contribution >= 4 is 60.8 Å². The Balaban J connectivity index is 0.885. The topological polar surface area (TPSA) is 21.3 Å². The van der Waals surface area contributed by atoms with Crippen molar-refractivity contribution in [3.63, 3.8) is 0 Å². The molecule has 3 nitrogen and oxygen atoms in total. The molecule has 386 valence electrons. The van der Waals surface area contributed by atoms with Crippen LogP contribution in [0.5, 0.6) is 0 Å². The first kappa shape index (κ1) is 46.1. The minimum atomic E-state index is -0.596. The number of aromatic nitrogens is 1. The average Bonchev–Trinajstić information content (AvgIpc) is 1.66. The molecule has 0 saturated heterocycles. The van der Waals surface area contributed by atoms with Crippen molar-refractivity contribution in [1.29, 1.82) is 0 Å². The summed E-state index contributed by atoms with van der Waals surface area (Å²) in [7, 11) is 0. The van der Waals surface area contributed by atoms with Gasteiger partial charge in [0.05, 0.1) is 38.9 Å². The van der Waals surface area contributed by atoms with Crippen molar-refractivity contribution in [3.8, 4) is 50.2 Å². The molecule has 0 bridgehead atoms. The molecule has 1 spiro atoms. The second kappa shape index (κ2) is 17.4. The molecule has 18 rings (SSSR count). The number of benzene rings is 13. The molecule has 1 unspecified atom stereocenters. The summed E-state index contributed by atoms with van der Waals surface area (Å²) in [6.07, 6.45) is 0. The summed E-state index contributed by atoms with van der Waals surface area (Å²) in [5, 5.41) is 4.79. The number of nitrogens with zero attached hydrogens (tertiary/aromatic N) is 2. The lowest BCUT2D eigenvalue weighted by molar-refractivity contribution is 0.669. The van der Waals surface area contributed by atoms with Crippen LogP contribution in [0, 0.1) is 0 Å². The Labute approximate surface area is 480 Å².